The summed E-state index contributed by atoms with van der Waals surface area (Å²) >= 11 is 0. The summed E-state index contributed by atoms with van der Waals surface area (Å²) in [5, 5.41) is 10.1. The molecule has 0 saturated carbocycles. The van der Waals surface area contributed by atoms with Gasteiger partial charge in [0.25, 0.3) is 0 Å². The van der Waals surface area contributed by atoms with Crippen LogP contribution in [-0.4, -0.2) is 24.6 Å². The van der Waals surface area contributed by atoms with Crippen LogP contribution in [0.1, 0.15) is 0 Å². The molecule has 0 atom stereocenters. The fourth-order valence-corrected chi connectivity index (χ4v) is 1.97. The lowest BCUT2D eigenvalue weighted by molar-refractivity contribution is 0.200. The maximum Gasteiger partial charge on any atom is 0.175 e. The number of aromatic nitrogens is 1. The van der Waals surface area contributed by atoms with Gasteiger partial charge in [-0.3, -0.25) is 0 Å². The van der Waals surface area contributed by atoms with Crippen LogP contribution in [0, 0.1) is 0 Å². The van der Waals surface area contributed by atoms with Gasteiger partial charge in [0.2, 0.25) is 0 Å². The van der Waals surface area contributed by atoms with Crippen molar-refractivity contribution < 1.29 is 13.6 Å². The van der Waals surface area contributed by atoms with Crippen LogP contribution in [0.5, 0.6) is 0 Å². The highest BCUT2D eigenvalue weighted by molar-refractivity contribution is 7.90. The van der Waals surface area contributed by atoms with Crippen LogP contribution in [0.2, 0.25) is 0 Å². The van der Waals surface area contributed by atoms with Gasteiger partial charge in [-0.05, 0) is 18.2 Å². The molecule has 0 aliphatic carbocycles. The van der Waals surface area contributed by atoms with Crippen molar-refractivity contribution in [3.63, 3.8) is 0 Å². The quantitative estimate of drug-likeness (QED) is 0.723. The fraction of sp³-hybridized carbons (Fsp3) is 0.111. The molecule has 0 radical (unpaired) electrons. The molecule has 1 aromatic heterocycles. The van der Waals surface area contributed by atoms with E-state index in [-0.39, 0.29) is 4.90 Å². The highest BCUT2D eigenvalue weighted by atomic mass is 32.2. The zero-order valence-corrected chi connectivity index (χ0v) is 8.32. The molecule has 2 rings (SSSR count). The number of benzene rings is 1. The van der Waals surface area contributed by atoms with Crippen molar-refractivity contribution in [3.05, 3.63) is 30.5 Å². The molecule has 1 aromatic carbocycles. The average Bonchev–Trinajstić information content (AvgIpc) is 2.46. The zero-order chi connectivity index (χ0) is 10.3. The van der Waals surface area contributed by atoms with E-state index < -0.39 is 9.84 Å². The van der Waals surface area contributed by atoms with Gasteiger partial charge in [0.05, 0.1) is 10.4 Å². The van der Waals surface area contributed by atoms with E-state index in [1.54, 1.807) is 12.1 Å². The molecule has 0 aliphatic rings. The summed E-state index contributed by atoms with van der Waals surface area (Å²) in [6.45, 7) is 0. The first-order chi connectivity index (χ1) is 6.48. The maximum atomic E-state index is 11.2. The van der Waals surface area contributed by atoms with Crippen LogP contribution in [0.3, 0.4) is 0 Å². The minimum Gasteiger partial charge on any atom is -0.428 e. The largest absolute Gasteiger partial charge is 0.428 e. The van der Waals surface area contributed by atoms with Crippen molar-refractivity contribution in [2.45, 2.75) is 4.90 Å². The third kappa shape index (κ3) is 1.35. The molecule has 1 heterocycles. The van der Waals surface area contributed by atoms with Gasteiger partial charge in [-0.2, -0.15) is 4.73 Å². The van der Waals surface area contributed by atoms with Crippen molar-refractivity contribution in [3.8, 4) is 0 Å². The molecule has 0 fully saturated rings. The standard InChI is InChI=1S/C9H9NO3S/c1-14(12,13)8-3-2-7-4-5-10(11)9(7)6-8/h2-6,11H,1H3. The second kappa shape index (κ2) is 2.75. The summed E-state index contributed by atoms with van der Waals surface area (Å²) in [5.41, 5.74) is 0.493. The Morgan fingerprint density at radius 2 is 2.00 bits per heavy atom. The Labute approximate surface area is 81.3 Å². The summed E-state index contributed by atoms with van der Waals surface area (Å²) in [6, 6.07) is 6.35. The van der Waals surface area contributed by atoms with Gasteiger partial charge in [0.15, 0.2) is 9.84 Å². The smallest absolute Gasteiger partial charge is 0.175 e. The highest BCUT2D eigenvalue weighted by Gasteiger charge is 2.09. The second-order valence-electron chi connectivity index (χ2n) is 3.15. The molecule has 0 amide bonds. The summed E-state index contributed by atoms with van der Waals surface area (Å²) in [5.74, 6) is 0. The molecular weight excluding hydrogens is 202 g/mol. The average molecular weight is 211 g/mol. The third-order valence-corrected chi connectivity index (χ3v) is 3.18. The topological polar surface area (TPSA) is 59.3 Å². The van der Waals surface area contributed by atoms with E-state index in [9.17, 15) is 13.6 Å². The molecule has 74 valence electrons. The molecular formula is C9H9NO3S. The summed E-state index contributed by atoms with van der Waals surface area (Å²) in [6.07, 6.45) is 2.61. The summed E-state index contributed by atoms with van der Waals surface area (Å²) in [4.78, 5) is 0.207. The minimum atomic E-state index is -3.21. The lowest BCUT2D eigenvalue weighted by atomic mass is 10.2. The van der Waals surface area contributed by atoms with Crippen LogP contribution in [0.15, 0.2) is 35.4 Å². The van der Waals surface area contributed by atoms with Crippen molar-refractivity contribution in [2.24, 2.45) is 0 Å². The van der Waals surface area contributed by atoms with Crippen LogP contribution in [0.25, 0.3) is 10.9 Å². The molecule has 2 aromatic rings. The Kier molecular flexibility index (Phi) is 1.78. The Morgan fingerprint density at radius 3 is 2.64 bits per heavy atom. The van der Waals surface area contributed by atoms with Gasteiger partial charge < -0.3 is 5.21 Å². The molecule has 4 nitrogen and oxygen atoms in total. The third-order valence-electron chi connectivity index (χ3n) is 2.07. The number of fused-ring (bicyclic) bond motifs is 1. The predicted molar refractivity (Wildman–Crippen MR) is 52.2 cm³/mol. The van der Waals surface area contributed by atoms with Crippen molar-refractivity contribution in [1.82, 2.24) is 4.73 Å². The lowest BCUT2D eigenvalue weighted by Crippen LogP contribution is -1.97. The number of hydrogen-bond acceptors (Lipinski definition) is 3. The zero-order valence-electron chi connectivity index (χ0n) is 7.51. The number of nitrogens with zero attached hydrogens (tertiary/aromatic N) is 1. The number of hydrogen-bond donors (Lipinski definition) is 1. The molecule has 0 unspecified atom stereocenters. The van der Waals surface area contributed by atoms with Crippen molar-refractivity contribution >= 4 is 20.7 Å². The Balaban J connectivity index is 2.79. The molecule has 1 N–H and O–H groups in total. The first kappa shape index (κ1) is 9.08. The van der Waals surface area contributed by atoms with E-state index >= 15 is 0 Å². The van der Waals surface area contributed by atoms with E-state index in [1.807, 2.05) is 0 Å². The first-order valence-corrected chi connectivity index (χ1v) is 5.88. The van der Waals surface area contributed by atoms with Gasteiger partial charge in [-0.15, -0.1) is 0 Å². The Morgan fingerprint density at radius 1 is 1.29 bits per heavy atom. The molecule has 14 heavy (non-hydrogen) atoms. The fourth-order valence-electron chi connectivity index (χ4n) is 1.32. The van der Waals surface area contributed by atoms with Gasteiger partial charge in [0, 0.05) is 17.8 Å². The SMILES string of the molecule is CS(=O)(=O)c1ccc2ccn(O)c2c1. The van der Waals surface area contributed by atoms with E-state index in [0.717, 1.165) is 16.4 Å². The Hall–Kier alpha value is -1.49. The van der Waals surface area contributed by atoms with Crippen LogP contribution in [-0.2, 0) is 9.84 Å². The van der Waals surface area contributed by atoms with Gasteiger partial charge >= 0.3 is 0 Å². The second-order valence-corrected chi connectivity index (χ2v) is 5.17. The molecule has 0 spiro atoms. The predicted octanol–water partition coefficient (Wildman–Crippen LogP) is 1.28. The highest BCUT2D eigenvalue weighted by Crippen LogP contribution is 2.19. The normalized spacial score (nSPS) is 12.1. The van der Waals surface area contributed by atoms with E-state index in [1.165, 1.54) is 18.3 Å². The van der Waals surface area contributed by atoms with Gasteiger partial charge in [-0.1, -0.05) is 6.07 Å². The lowest BCUT2D eigenvalue weighted by Gasteiger charge is -1.99. The van der Waals surface area contributed by atoms with Crippen molar-refractivity contribution in [2.75, 3.05) is 6.26 Å². The van der Waals surface area contributed by atoms with Crippen LogP contribution in [0.4, 0.5) is 0 Å². The Bertz CT molecular complexity index is 583. The number of rotatable bonds is 1. The van der Waals surface area contributed by atoms with E-state index in [0.29, 0.717) is 5.52 Å². The molecule has 5 heteroatoms. The number of sulfone groups is 1. The first-order valence-electron chi connectivity index (χ1n) is 3.99. The van der Waals surface area contributed by atoms with Gasteiger partial charge in [-0.25, -0.2) is 8.42 Å². The van der Waals surface area contributed by atoms with Crippen LogP contribution >= 0.6 is 0 Å². The van der Waals surface area contributed by atoms with E-state index in [4.69, 9.17) is 0 Å². The molecule has 0 saturated heterocycles. The summed E-state index contributed by atoms with van der Waals surface area (Å²) in [7, 11) is -3.21. The van der Waals surface area contributed by atoms with Crippen LogP contribution < -0.4 is 0 Å². The minimum absolute atomic E-state index is 0.207. The maximum absolute atomic E-state index is 11.2. The van der Waals surface area contributed by atoms with E-state index in [2.05, 4.69) is 0 Å². The van der Waals surface area contributed by atoms with Crippen molar-refractivity contribution in [1.29, 1.82) is 0 Å². The summed E-state index contributed by atoms with van der Waals surface area (Å²) < 4.78 is 23.3. The van der Waals surface area contributed by atoms with Gasteiger partial charge in [0.1, 0.15) is 0 Å². The molecule has 0 bridgehead atoms. The molecule has 0 aliphatic heterocycles. The monoisotopic (exact) mass is 211 g/mol.